The molecule has 2 rings (SSSR count). The average Bonchev–Trinajstić information content (AvgIpc) is 3.07. The van der Waals surface area contributed by atoms with Gasteiger partial charge in [0.1, 0.15) is 0 Å². The van der Waals surface area contributed by atoms with Crippen LogP contribution in [0.3, 0.4) is 0 Å². The third-order valence-electron chi connectivity index (χ3n) is 4.47. The summed E-state index contributed by atoms with van der Waals surface area (Å²) in [4.78, 5) is 4.33. The van der Waals surface area contributed by atoms with Crippen LogP contribution in [0.2, 0.25) is 0 Å². The molecule has 0 saturated carbocycles. The van der Waals surface area contributed by atoms with Gasteiger partial charge in [0.15, 0.2) is 5.96 Å². The van der Waals surface area contributed by atoms with Crippen LogP contribution in [0, 0.1) is 11.3 Å². The van der Waals surface area contributed by atoms with Crippen LogP contribution in [0.4, 0.5) is 0 Å². The normalized spacial score (nSPS) is 21.5. The highest BCUT2D eigenvalue weighted by molar-refractivity contribution is 14.0. The minimum absolute atomic E-state index is 0. The van der Waals surface area contributed by atoms with Crippen LogP contribution in [0.5, 0.6) is 0 Å². The van der Waals surface area contributed by atoms with Gasteiger partial charge in [0.25, 0.3) is 0 Å². The molecule has 0 spiro atoms. The highest BCUT2D eigenvalue weighted by Gasteiger charge is 2.35. The molecule has 7 heteroatoms. The summed E-state index contributed by atoms with van der Waals surface area (Å²) in [6, 6.07) is 1.95. The van der Waals surface area contributed by atoms with Crippen molar-refractivity contribution in [2.75, 3.05) is 26.7 Å². The largest absolute Gasteiger partial charge is 0.377 e. The lowest BCUT2D eigenvalue weighted by molar-refractivity contribution is -0.0835. The molecule has 0 radical (unpaired) electrons. The minimum Gasteiger partial charge on any atom is -0.377 e. The number of ether oxygens (including phenoxy) is 1. The van der Waals surface area contributed by atoms with Crippen molar-refractivity contribution in [3.8, 4) is 0 Å². The van der Waals surface area contributed by atoms with E-state index in [9.17, 15) is 0 Å². The first-order valence-electron chi connectivity index (χ1n) is 9.04. The van der Waals surface area contributed by atoms with Gasteiger partial charge in [-0.25, -0.2) is 0 Å². The van der Waals surface area contributed by atoms with Gasteiger partial charge in [0, 0.05) is 51.6 Å². The second-order valence-corrected chi connectivity index (χ2v) is 7.56. The SMILES string of the molecule is CN=C(NCCCn1cccn1)NCC1CCCOC1C(C)(C)C.I. The molecule has 1 aromatic heterocycles. The highest BCUT2D eigenvalue weighted by Crippen LogP contribution is 2.33. The molecule has 2 N–H and O–H groups in total. The number of rotatable bonds is 6. The Balaban J connectivity index is 0.00000312. The molecular formula is C18H34IN5O. The Labute approximate surface area is 169 Å². The number of aromatic nitrogens is 2. The molecule has 1 aliphatic rings. The monoisotopic (exact) mass is 463 g/mol. The molecule has 25 heavy (non-hydrogen) atoms. The van der Waals surface area contributed by atoms with E-state index in [0.29, 0.717) is 12.0 Å². The Morgan fingerprint density at radius 2 is 2.16 bits per heavy atom. The van der Waals surface area contributed by atoms with Gasteiger partial charge in [0.2, 0.25) is 0 Å². The van der Waals surface area contributed by atoms with Gasteiger partial charge in [0.05, 0.1) is 6.10 Å². The standard InChI is InChI=1S/C18H33N5O.HI/c1-18(2,3)16-15(8-5-13-24-16)14-21-17(19-4)20-9-6-11-23-12-7-10-22-23;/h7,10,12,15-16H,5-6,8-9,11,13-14H2,1-4H3,(H2,19,20,21);1H. The molecule has 1 saturated heterocycles. The lowest BCUT2D eigenvalue weighted by atomic mass is 9.78. The third-order valence-corrected chi connectivity index (χ3v) is 4.47. The molecule has 144 valence electrons. The Morgan fingerprint density at radius 1 is 1.36 bits per heavy atom. The fourth-order valence-corrected chi connectivity index (χ4v) is 3.34. The van der Waals surface area contributed by atoms with Gasteiger partial charge in [-0.3, -0.25) is 9.67 Å². The van der Waals surface area contributed by atoms with Crippen molar-refractivity contribution in [2.24, 2.45) is 16.3 Å². The van der Waals surface area contributed by atoms with Crippen LogP contribution in [0.1, 0.15) is 40.0 Å². The first-order valence-corrected chi connectivity index (χ1v) is 9.04. The molecule has 0 aromatic carbocycles. The van der Waals surface area contributed by atoms with E-state index in [-0.39, 0.29) is 29.4 Å². The maximum atomic E-state index is 6.05. The Kier molecular flexibility index (Phi) is 9.78. The molecule has 1 aliphatic heterocycles. The first kappa shape index (κ1) is 22.2. The van der Waals surface area contributed by atoms with Crippen molar-refractivity contribution < 1.29 is 4.74 Å². The number of hydrogen-bond donors (Lipinski definition) is 2. The van der Waals surface area contributed by atoms with E-state index < -0.39 is 0 Å². The smallest absolute Gasteiger partial charge is 0.190 e. The molecule has 0 bridgehead atoms. The molecule has 0 amide bonds. The second-order valence-electron chi connectivity index (χ2n) is 7.56. The van der Waals surface area contributed by atoms with Crippen molar-refractivity contribution in [1.29, 1.82) is 0 Å². The summed E-state index contributed by atoms with van der Waals surface area (Å²) in [5.74, 6) is 1.40. The van der Waals surface area contributed by atoms with Crippen LogP contribution in [-0.2, 0) is 11.3 Å². The summed E-state index contributed by atoms with van der Waals surface area (Å²) in [7, 11) is 1.82. The number of aliphatic imine (C=N–C) groups is 1. The minimum atomic E-state index is 0. The molecular weight excluding hydrogens is 429 g/mol. The highest BCUT2D eigenvalue weighted by atomic mass is 127. The molecule has 1 fully saturated rings. The Bertz CT molecular complexity index is 498. The number of guanidine groups is 1. The van der Waals surface area contributed by atoms with E-state index in [2.05, 4.69) is 41.5 Å². The van der Waals surface area contributed by atoms with E-state index in [1.165, 1.54) is 6.42 Å². The topological polar surface area (TPSA) is 63.5 Å². The fourth-order valence-electron chi connectivity index (χ4n) is 3.34. The number of hydrogen-bond acceptors (Lipinski definition) is 3. The molecule has 0 aliphatic carbocycles. The molecule has 6 nitrogen and oxygen atoms in total. The summed E-state index contributed by atoms with van der Waals surface area (Å²) in [6.07, 6.45) is 7.48. The lowest BCUT2D eigenvalue weighted by Crippen LogP contribution is -2.47. The summed E-state index contributed by atoms with van der Waals surface area (Å²) in [5, 5.41) is 11.1. The van der Waals surface area contributed by atoms with Crippen LogP contribution in [-0.4, -0.2) is 48.6 Å². The summed E-state index contributed by atoms with van der Waals surface area (Å²) < 4.78 is 8.00. The molecule has 2 atom stereocenters. The maximum Gasteiger partial charge on any atom is 0.190 e. The molecule has 1 aromatic rings. The summed E-state index contributed by atoms with van der Waals surface area (Å²) in [5.41, 5.74) is 0.174. The predicted molar refractivity (Wildman–Crippen MR) is 114 cm³/mol. The Morgan fingerprint density at radius 3 is 2.80 bits per heavy atom. The van der Waals surface area contributed by atoms with Crippen molar-refractivity contribution in [3.63, 3.8) is 0 Å². The zero-order valence-electron chi connectivity index (χ0n) is 16.0. The van der Waals surface area contributed by atoms with Gasteiger partial charge in [-0.2, -0.15) is 5.10 Å². The van der Waals surface area contributed by atoms with E-state index in [0.717, 1.165) is 45.0 Å². The van der Waals surface area contributed by atoms with Crippen LogP contribution in [0.25, 0.3) is 0 Å². The van der Waals surface area contributed by atoms with Gasteiger partial charge in [-0.15, -0.1) is 24.0 Å². The third kappa shape index (κ3) is 7.52. The number of aryl methyl sites for hydroxylation is 1. The lowest BCUT2D eigenvalue weighted by Gasteiger charge is -2.40. The zero-order chi connectivity index (χ0) is 17.4. The van der Waals surface area contributed by atoms with Crippen LogP contribution >= 0.6 is 24.0 Å². The molecule has 2 heterocycles. The van der Waals surface area contributed by atoms with Gasteiger partial charge >= 0.3 is 0 Å². The van der Waals surface area contributed by atoms with Crippen molar-refractivity contribution in [2.45, 2.75) is 52.7 Å². The quantitative estimate of drug-likeness (QED) is 0.295. The van der Waals surface area contributed by atoms with Crippen LogP contribution in [0.15, 0.2) is 23.5 Å². The van der Waals surface area contributed by atoms with Crippen molar-refractivity contribution in [3.05, 3.63) is 18.5 Å². The van der Waals surface area contributed by atoms with E-state index in [4.69, 9.17) is 4.74 Å². The fraction of sp³-hybridized carbons (Fsp3) is 0.778. The zero-order valence-corrected chi connectivity index (χ0v) is 18.3. The summed E-state index contributed by atoms with van der Waals surface area (Å²) in [6.45, 7) is 10.4. The van der Waals surface area contributed by atoms with Crippen molar-refractivity contribution in [1.82, 2.24) is 20.4 Å². The average molecular weight is 463 g/mol. The maximum absolute atomic E-state index is 6.05. The summed E-state index contributed by atoms with van der Waals surface area (Å²) >= 11 is 0. The number of nitrogens with zero attached hydrogens (tertiary/aromatic N) is 3. The second kappa shape index (κ2) is 11.0. The molecule has 2 unspecified atom stereocenters. The van der Waals surface area contributed by atoms with E-state index in [1.54, 1.807) is 0 Å². The van der Waals surface area contributed by atoms with Gasteiger partial charge in [-0.1, -0.05) is 20.8 Å². The number of halogens is 1. The first-order chi connectivity index (χ1) is 11.5. The predicted octanol–water partition coefficient (Wildman–Crippen LogP) is 2.90. The van der Waals surface area contributed by atoms with Crippen molar-refractivity contribution >= 4 is 29.9 Å². The Hall–Kier alpha value is -0.830. The van der Waals surface area contributed by atoms with Crippen LogP contribution < -0.4 is 10.6 Å². The van der Waals surface area contributed by atoms with Gasteiger partial charge in [-0.05, 0) is 30.7 Å². The number of nitrogens with one attached hydrogen (secondary N) is 2. The van der Waals surface area contributed by atoms with E-state index in [1.807, 2.05) is 30.2 Å². The van der Waals surface area contributed by atoms with E-state index >= 15 is 0 Å². The van der Waals surface area contributed by atoms with Gasteiger partial charge < -0.3 is 15.4 Å².